The highest BCUT2D eigenvalue weighted by molar-refractivity contribution is 7.89. The van der Waals surface area contributed by atoms with E-state index >= 15 is 0 Å². The van der Waals surface area contributed by atoms with E-state index < -0.39 is 21.5 Å². The predicted molar refractivity (Wildman–Crippen MR) is 75.8 cm³/mol. The van der Waals surface area contributed by atoms with E-state index in [0.717, 1.165) is 0 Å². The molecule has 0 bridgehead atoms. The number of hydrogen-bond acceptors (Lipinski definition) is 4. The van der Waals surface area contributed by atoms with Gasteiger partial charge in [-0.05, 0) is 38.0 Å². The summed E-state index contributed by atoms with van der Waals surface area (Å²) >= 11 is 0. The Kier molecular flexibility index (Phi) is 4.90. The first-order valence-corrected chi connectivity index (χ1v) is 7.70. The van der Waals surface area contributed by atoms with Crippen LogP contribution in [0.5, 0.6) is 0 Å². The van der Waals surface area contributed by atoms with Crippen LogP contribution in [0.3, 0.4) is 0 Å². The predicted octanol–water partition coefficient (Wildman–Crippen LogP) is 0.533. The number of hydrogen-bond donors (Lipinski definition) is 3. The molecule has 6 nitrogen and oxygen atoms in total. The smallest absolute Gasteiger partial charge is 0.249 e. The normalized spacial score (nSPS) is 14.8. The third-order valence-electron chi connectivity index (χ3n) is 3.19. The maximum absolute atomic E-state index is 12.1. The molecule has 0 spiro atoms. The number of sulfonamides is 1. The lowest BCUT2D eigenvalue weighted by Crippen LogP contribution is -2.40. The number of nitrogens with two attached hydrogens (primary N) is 1. The van der Waals surface area contributed by atoms with Crippen LogP contribution < -0.4 is 10.5 Å². The number of carbonyl (C=O) groups is 1. The van der Waals surface area contributed by atoms with E-state index in [1.54, 1.807) is 20.8 Å². The van der Waals surface area contributed by atoms with Crippen molar-refractivity contribution in [1.82, 2.24) is 4.72 Å². The highest BCUT2D eigenvalue weighted by Crippen LogP contribution is 2.16. The first-order valence-electron chi connectivity index (χ1n) is 6.21. The average molecular weight is 300 g/mol. The molecule has 7 heteroatoms. The topological polar surface area (TPSA) is 109 Å². The fourth-order valence-corrected chi connectivity index (χ4v) is 2.68. The third-order valence-corrected chi connectivity index (χ3v) is 4.59. The van der Waals surface area contributed by atoms with Gasteiger partial charge in [-0.25, -0.2) is 13.1 Å². The molecule has 0 aromatic heterocycles. The minimum Gasteiger partial charge on any atom is -0.389 e. The zero-order valence-corrected chi connectivity index (χ0v) is 12.6. The molecule has 0 fully saturated rings. The van der Waals surface area contributed by atoms with Gasteiger partial charge in [0.15, 0.2) is 0 Å². The lowest BCUT2D eigenvalue weighted by Gasteiger charge is -2.21. The van der Waals surface area contributed by atoms with Crippen LogP contribution in [0, 0.1) is 6.92 Å². The summed E-state index contributed by atoms with van der Waals surface area (Å²) in [6.07, 6.45) is 0.413. The Morgan fingerprint density at radius 1 is 1.45 bits per heavy atom. The molecule has 0 saturated heterocycles. The van der Waals surface area contributed by atoms with Crippen molar-refractivity contribution >= 4 is 15.9 Å². The number of benzene rings is 1. The number of primary amides is 1. The fourth-order valence-electron chi connectivity index (χ4n) is 1.49. The maximum Gasteiger partial charge on any atom is 0.249 e. The number of amides is 1. The SMILES string of the molecule is CCC(C)(O)CNS(=O)(=O)c1ccc(C)c(C(N)=O)c1. The van der Waals surface area contributed by atoms with Crippen molar-refractivity contribution in [2.45, 2.75) is 37.7 Å². The average Bonchev–Trinajstić information content (AvgIpc) is 2.36. The molecule has 0 radical (unpaired) electrons. The zero-order valence-electron chi connectivity index (χ0n) is 11.8. The van der Waals surface area contributed by atoms with Crippen LogP contribution in [0.25, 0.3) is 0 Å². The number of aliphatic hydroxyl groups is 1. The number of carbonyl (C=O) groups excluding carboxylic acids is 1. The number of rotatable bonds is 6. The second-order valence-corrected chi connectivity index (χ2v) is 6.78. The van der Waals surface area contributed by atoms with Crippen molar-refractivity contribution in [2.75, 3.05) is 6.54 Å². The van der Waals surface area contributed by atoms with Gasteiger partial charge < -0.3 is 10.8 Å². The summed E-state index contributed by atoms with van der Waals surface area (Å²) in [5.74, 6) is -0.680. The van der Waals surface area contributed by atoms with E-state index in [-0.39, 0.29) is 17.0 Å². The Hall–Kier alpha value is -1.44. The van der Waals surface area contributed by atoms with Crippen molar-refractivity contribution in [3.63, 3.8) is 0 Å². The van der Waals surface area contributed by atoms with Gasteiger partial charge in [0.2, 0.25) is 15.9 Å². The summed E-state index contributed by atoms with van der Waals surface area (Å²) in [6, 6.07) is 4.15. The van der Waals surface area contributed by atoms with Crippen molar-refractivity contribution in [2.24, 2.45) is 5.73 Å². The highest BCUT2D eigenvalue weighted by Gasteiger charge is 2.23. The molecule has 0 saturated carbocycles. The van der Waals surface area contributed by atoms with E-state index in [0.29, 0.717) is 12.0 Å². The van der Waals surface area contributed by atoms with Crippen LogP contribution in [-0.4, -0.2) is 31.6 Å². The van der Waals surface area contributed by atoms with E-state index in [1.807, 2.05) is 0 Å². The Labute approximate surface area is 119 Å². The summed E-state index contributed by atoms with van der Waals surface area (Å²) in [5, 5.41) is 9.82. The van der Waals surface area contributed by atoms with Crippen LogP contribution >= 0.6 is 0 Å². The molecule has 1 atom stereocenters. The molecule has 1 amide bonds. The monoisotopic (exact) mass is 300 g/mol. The number of nitrogens with one attached hydrogen (secondary N) is 1. The summed E-state index contributed by atoms with van der Waals surface area (Å²) in [7, 11) is -3.79. The molecule has 20 heavy (non-hydrogen) atoms. The van der Waals surface area contributed by atoms with Crippen LogP contribution in [0.2, 0.25) is 0 Å². The standard InChI is InChI=1S/C13H20N2O4S/c1-4-13(3,17)8-15-20(18,19)10-6-5-9(2)11(7-10)12(14)16/h5-7,15,17H,4,8H2,1-3H3,(H2,14,16). The summed E-state index contributed by atoms with van der Waals surface area (Å²) in [4.78, 5) is 11.2. The molecule has 1 aromatic rings. The molecule has 1 aromatic carbocycles. The molecule has 0 heterocycles. The van der Waals surface area contributed by atoms with Gasteiger partial charge in [-0.1, -0.05) is 13.0 Å². The van der Waals surface area contributed by atoms with Gasteiger partial charge in [-0.2, -0.15) is 0 Å². The highest BCUT2D eigenvalue weighted by atomic mass is 32.2. The van der Waals surface area contributed by atoms with Crippen LogP contribution in [-0.2, 0) is 10.0 Å². The van der Waals surface area contributed by atoms with Crippen LogP contribution in [0.15, 0.2) is 23.1 Å². The van der Waals surface area contributed by atoms with Crippen LogP contribution in [0.4, 0.5) is 0 Å². The van der Waals surface area contributed by atoms with Gasteiger partial charge in [0, 0.05) is 12.1 Å². The van der Waals surface area contributed by atoms with Gasteiger partial charge in [0.1, 0.15) is 0 Å². The van der Waals surface area contributed by atoms with Gasteiger partial charge >= 0.3 is 0 Å². The molecular weight excluding hydrogens is 280 g/mol. The lowest BCUT2D eigenvalue weighted by atomic mass is 10.1. The second kappa shape index (κ2) is 5.90. The molecule has 4 N–H and O–H groups in total. The Bertz CT molecular complexity index is 609. The molecule has 0 aliphatic carbocycles. The summed E-state index contributed by atoms with van der Waals surface area (Å²) in [6.45, 7) is 4.86. The minimum absolute atomic E-state index is 0.0520. The van der Waals surface area contributed by atoms with Crippen molar-refractivity contribution in [1.29, 1.82) is 0 Å². The van der Waals surface area contributed by atoms with E-state index in [9.17, 15) is 18.3 Å². The summed E-state index contributed by atoms with van der Waals surface area (Å²) in [5.41, 5.74) is 4.85. The molecule has 112 valence electrons. The Morgan fingerprint density at radius 3 is 2.55 bits per heavy atom. The van der Waals surface area contributed by atoms with Crippen LogP contribution in [0.1, 0.15) is 36.2 Å². The lowest BCUT2D eigenvalue weighted by molar-refractivity contribution is 0.0613. The van der Waals surface area contributed by atoms with E-state index in [4.69, 9.17) is 5.73 Å². The zero-order chi connectivity index (χ0) is 15.6. The first kappa shape index (κ1) is 16.6. The van der Waals surface area contributed by atoms with E-state index in [1.165, 1.54) is 18.2 Å². The van der Waals surface area contributed by atoms with Crippen molar-refractivity contribution < 1.29 is 18.3 Å². The second-order valence-electron chi connectivity index (χ2n) is 5.02. The number of aryl methyl sites for hydroxylation is 1. The van der Waals surface area contributed by atoms with Crippen molar-refractivity contribution in [3.05, 3.63) is 29.3 Å². The molecular formula is C13H20N2O4S. The Morgan fingerprint density at radius 2 is 2.05 bits per heavy atom. The van der Waals surface area contributed by atoms with Gasteiger partial charge in [-0.3, -0.25) is 4.79 Å². The summed E-state index contributed by atoms with van der Waals surface area (Å²) < 4.78 is 26.5. The molecule has 1 rings (SSSR count). The first-order chi connectivity index (χ1) is 9.09. The molecule has 0 aliphatic heterocycles. The Balaban J connectivity index is 3.05. The van der Waals surface area contributed by atoms with Gasteiger partial charge in [-0.15, -0.1) is 0 Å². The van der Waals surface area contributed by atoms with Crippen molar-refractivity contribution in [3.8, 4) is 0 Å². The fraction of sp³-hybridized carbons (Fsp3) is 0.462. The minimum atomic E-state index is -3.79. The van der Waals surface area contributed by atoms with Gasteiger partial charge in [0.05, 0.1) is 10.5 Å². The molecule has 0 aliphatic rings. The largest absolute Gasteiger partial charge is 0.389 e. The third kappa shape index (κ3) is 4.03. The molecule has 1 unspecified atom stereocenters. The van der Waals surface area contributed by atoms with E-state index in [2.05, 4.69) is 4.72 Å². The van der Waals surface area contributed by atoms with Gasteiger partial charge in [0.25, 0.3) is 0 Å². The quantitative estimate of drug-likeness (QED) is 0.712. The maximum atomic E-state index is 12.1.